The van der Waals surface area contributed by atoms with Gasteiger partial charge >= 0.3 is 0 Å². The van der Waals surface area contributed by atoms with Crippen LogP contribution in [0.5, 0.6) is 0 Å². The van der Waals surface area contributed by atoms with Crippen molar-refractivity contribution in [3.63, 3.8) is 0 Å². The summed E-state index contributed by atoms with van der Waals surface area (Å²) in [6.07, 6.45) is 9.10. The van der Waals surface area contributed by atoms with Crippen LogP contribution < -0.4 is 0 Å². The molecule has 8 nitrogen and oxygen atoms in total. The van der Waals surface area contributed by atoms with Gasteiger partial charge in [0.25, 0.3) is 0 Å². The van der Waals surface area contributed by atoms with E-state index in [1.807, 2.05) is 31.0 Å². The second kappa shape index (κ2) is 7.79. The van der Waals surface area contributed by atoms with Crippen molar-refractivity contribution in [1.29, 1.82) is 0 Å². The predicted octanol–water partition coefficient (Wildman–Crippen LogP) is 2.03. The van der Waals surface area contributed by atoms with Gasteiger partial charge in [-0.25, -0.2) is 9.67 Å². The molecule has 0 spiro atoms. The van der Waals surface area contributed by atoms with Gasteiger partial charge in [0.15, 0.2) is 0 Å². The highest BCUT2D eigenvalue weighted by molar-refractivity contribution is 5.91. The fraction of sp³-hybridized carbons (Fsp3) is 0.429. The van der Waals surface area contributed by atoms with Gasteiger partial charge in [0.05, 0.1) is 5.69 Å². The van der Waals surface area contributed by atoms with Crippen molar-refractivity contribution >= 4 is 22.5 Å². The summed E-state index contributed by atoms with van der Waals surface area (Å²) < 4.78 is 1.58. The highest BCUT2D eigenvalue weighted by atomic mass is 16.3. The molecule has 0 aliphatic carbocycles. The average molecular weight is 394 g/mol. The van der Waals surface area contributed by atoms with Crippen molar-refractivity contribution in [3.05, 3.63) is 48.1 Å². The van der Waals surface area contributed by atoms with Gasteiger partial charge in [0.2, 0.25) is 5.91 Å². The van der Waals surface area contributed by atoms with Crippen molar-refractivity contribution in [2.24, 2.45) is 5.41 Å². The Balaban J connectivity index is 1.38. The van der Waals surface area contributed by atoms with Crippen LogP contribution >= 0.6 is 0 Å². The number of nitrogens with zero attached hydrogens (tertiary/aromatic N) is 5. The quantitative estimate of drug-likeness (QED) is 0.666. The number of H-pyrrole nitrogens is 1. The Labute approximate surface area is 169 Å². The van der Waals surface area contributed by atoms with Crippen LogP contribution in [0.2, 0.25) is 0 Å². The van der Waals surface area contributed by atoms with Crippen molar-refractivity contribution in [2.45, 2.75) is 33.2 Å². The number of rotatable bonds is 6. The lowest BCUT2D eigenvalue weighted by Gasteiger charge is -2.26. The number of fused-ring (bicyclic) bond motifs is 1. The zero-order valence-electron chi connectivity index (χ0n) is 16.8. The normalized spacial score (nSPS) is 15.0. The zero-order valence-corrected chi connectivity index (χ0v) is 16.8. The van der Waals surface area contributed by atoms with Crippen molar-refractivity contribution in [3.8, 4) is 0 Å². The lowest BCUT2D eigenvalue weighted by Crippen LogP contribution is -2.37. The molecule has 1 amide bonds. The molecule has 2 N–H and O–H groups in total. The van der Waals surface area contributed by atoms with Gasteiger partial charge in [-0.3, -0.25) is 4.79 Å². The minimum absolute atomic E-state index is 0.0266. The molecule has 0 radical (unpaired) electrons. The summed E-state index contributed by atoms with van der Waals surface area (Å²) in [4.78, 5) is 22.1. The van der Waals surface area contributed by atoms with E-state index in [4.69, 9.17) is 0 Å². The maximum atomic E-state index is 12.7. The number of pyridine rings is 1. The summed E-state index contributed by atoms with van der Waals surface area (Å²) in [5.74, 6) is 0.0266. The van der Waals surface area contributed by atoms with Crippen LogP contribution in [0.3, 0.4) is 0 Å². The maximum Gasteiger partial charge on any atom is 0.244 e. The van der Waals surface area contributed by atoms with Gasteiger partial charge in [-0.05, 0) is 29.5 Å². The van der Waals surface area contributed by atoms with E-state index in [1.165, 1.54) is 5.57 Å². The fourth-order valence-corrected chi connectivity index (χ4v) is 3.64. The van der Waals surface area contributed by atoms with Crippen molar-refractivity contribution in [2.75, 3.05) is 19.7 Å². The first kappa shape index (κ1) is 19.3. The van der Waals surface area contributed by atoms with Crippen LogP contribution in [-0.2, 0) is 17.8 Å². The minimum atomic E-state index is -0.253. The first-order valence-corrected chi connectivity index (χ1v) is 9.84. The molecule has 3 aromatic rings. The molecule has 152 valence electrons. The molecule has 0 fully saturated rings. The van der Waals surface area contributed by atoms with E-state index >= 15 is 0 Å². The van der Waals surface area contributed by atoms with Crippen LogP contribution in [-0.4, -0.2) is 60.6 Å². The van der Waals surface area contributed by atoms with Crippen LogP contribution in [0, 0.1) is 5.41 Å². The van der Waals surface area contributed by atoms with E-state index in [0.29, 0.717) is 19.5 Å². The molecule has 0 bridgehead atoms. The Morgan fingerprint density at radius 3 is 3.00 bits per heavy atom. The molecule has 0 saturated carbocycles. The molecule has 1 aliphatic heterocycles. The second-order valence-corrected chi connectivity index (χ2v) is 8.33. The van der Waals surface area contributed by atoms with E-state index in [1.54, 1.807) is 17.1 Å². The summed E-state index contributed by atoms with van der Waals surface area (Å²) in [6.45, 7) is 5.45. The van der Waals surface area contributed by atoms with E-state index in [-0.39, 0.29) is 24.5 Å². The number of hydrogen-bond donors (Lipinski definition) is 2. The number of hydrogen-bond acceptors (Lipinski definition) is 5. The third-order valence-electron chi connectivity index (χ3n) is 5.33. The first-order valence-electron chi connectivity index (χ1n) is 9.84. The minimum Gasteiger partial charge on any atom is -0.396 e. The number of carbonyl (C=O) groups is 1. The molecule has 0 unspecified atom stereocenters. The van der Waals surface area contributed by atoms with Crippen molar-refractivity contribution < 1.29 is 9.90 Å². The number of amides is 1. The van der Waals surface area contributed by atoms with Crippen molar-refractivity contribution in [1.82, 2.24) is 29.9 Å². The lowest BCUT2D eigenvalue weighted by molar-refractivity contribution is -0.131. The molecule has 29 heavy (non-hydrogen) atoms. The predicted molar refractivity (Wildman–Crippen MR) is 110 cm³/mol. The number of nitrogens with one attached hydrogen (secondary N) is 1. The Bertz CT molecular complexity index is 1050. The summed E-state index contributed by atoms with van der Waals surface area (Å²) >= 11 is 0. The van der Waals surface area contributed by atoms with Crippen LogP contribution in [0.1, 0.15) is 31.5 Å². The number of aromatic amines is 1. The first-order chi connectivity index (χ1) is 13.9. The van der Waals surface area contributed by atoms with Gasteiger partial charge in [-0.2, -0.15) is 0 Å². The number of aromatic nitrogens is 5. The monoisotopic (exact) mass is 394 g/mol. The lowest BCUT2D eigenvalue weighted by atomic mass is 9.89. The molecule has 4 heterocycles. The fourth-order valence-electron chi connectivity index (χ4n) is 3.64. The smallest absolute Gasteiger partial charge is 0.244 e. The number of carbonyl (C=O) groups excluding carboxylic acids is 1. The standard InChI is InChI=1S/C21H26N6O2/c1-21(2,14-28)10-16-12-27(25-24-16)13-19(29)26-8-5-15(6-9-26)18-11-23-20-17(18)4-3-7-22-20/h3-5,7,11-12,28H,6,8-10,13-14H2,1-2H3,(H,22,23). The molecule has 8 heteroatoms. The Kier molecular flexibility index (Phi) is 5.19. The molecule has 0 saturated heterocycles. The van der Waals surface area contributed by atoms with E-state index < -0.39 is 0 Å². The summed E-state index contributed by atoms with van der Waals surface area (Å²) in [6, 6.07) is 4.00. The Morgan fingerprint density at radius 2 is 2.24 bits per heavy atom. The maximum absolute atomic E-state index is 12.7. The van der Waals surface area contributed by atoms with Gasteiger partial charge in [0.1, 0.15) is 12.2 Å². The Hall–Kier alpha value is -3.00. The van der Waals surface area contributed by atoms with Gasteiger partial charge in [-0.15, -0.1) is 5.10 Å². The highest BCUT2D eigenvalue weighted by Crippen LogP contribution is 2.28. The van der Waals surface area contributed by atoms with E-state index in [0.717, 1.165) is 28.7 Å². The summed E-state index contributed by atoms with van der Waals surface area (Å²) in [5, 5.41) is 18.7. The molecule has 1 aliphatic rings. The summed E-state index contributed by atoms with van der Waals surface area (Å²) in [7, 11) is 0. The third-order valence-corrected chi connectivity index (χ3v) is 5.33. The summed E-state index contributed by atoms with van der Waals surface area (Å²) in [5.41, 5.74) is 3.81. The van der Waals surface area contributed by atoms with E-state index in [2.05, 4.69) is 32.4 Å². The zero-order chi connectivity index (χ0) is 20.4. The number of aliphatic hydroxyl groups is 1. The molecular weight excluding hydrogens is 368 g/mol. The molecule has 0 atom stereocenters. The van der Waals surface area contributed by atoms with Crippen LogP contribution in [0.4, 0.5) is 0 Å². The highest BCUT2D eigenvalue weighted by Gasteiger charge is 2.22. The topological polar surface area (TPSA) is 99.9 Å². The van der Waals surface area contributed by atoms with Crippen LogP contribution in [0.15, 0.2) is 36.8 Å². The number of aliphatic hydroxyl groups excluding tert-OH is 1. The van der Waals surface area contributed by atoms with Gasteiger partial charge < -0.3 is 15.0 Å². The Morgan fingerprint density at radius 1 is 1.38 bits per heavy atom. The largest absolute Gasteiger partial charge is 0.396 e. The average Bonchev–Trinajstić information content (AvgIpc) is 3.34. The van der Waals surface area contributed by atoms with Crippen LogP contribution in [0.25, 0.3) is 16.6 Å². The SMILES string of the molecule is CC(C)(CO)Cc1cn(CC(=O)N2CC=C(c3c[nH]c4ncccc34)CC2)nn1. The second-order valence-electron chi connectivity index (χ2n) is 8.33. The molecule has 3 aromatic heterocycles. The molecule has 4 rings (SSSR count). The van der Waals surface area contributed by atoms with Gasteiger partial charge in [0, 0.05) is 55.7 Å². The molecule has 0 aromatic carbocycles. The van der Waals surface area contributed by atoms with Gasteiger partial charge in [-0.1, -0.05) is 25.1 Å². The van der Waals surface area contributed by atoms with E-state index in [9.17, 15) is 9.90 Å². The third kappa shape index (κ3) is 4.22. The molecular formula is C21H26N6O2.